The Morgan fingerprint density at radius 3 is 2.59 bits per heavy atom. The Morgan fingerprint density at radius 2 is 1.96 bits per heavy atom. The first-order valence-electron chi connectivity index (χ1n) is 9.51. The molecule has 1 saturated heterocycles. The number of rotatable bonds is 7. The molecule has 1 aromatic carbocycles. The van der Waals surface area contributed by atoms with Gasteiger partial charge in [-0.3, -0.25) is 10.1 Å². The predicted octanol–water partition coefficient (Wildman–Crippen LogP) is 3.04. The molecule has 1 aliphatic heterocycles. The third kappa shape index (κ3) is 5.18. The summed E-state index contributed by atoms with van der Waals surface area (Å²) in [5.41, 5.74) is 0.0640. The Kier molecular flexibility index (Phi) is 6.33. The summed E-state index contributed by atoms with van der Waals surface area (Å²) in [5, 5.41) is 14.5. The number of nitrogens with zero attached hydrogens (tertiary/aromatic N) is 1. The van der Waals surface area contributed by atoms with Crippen molar-refractivity contribution in [3.63, 3.8) is 0 Å². The molecule has 2 fully saturated rings. The third-order valence-electron chi connectivity index (χ3n) is 5.36. The molecule has 1 aliphatic carbocycles. The second kappa shape index (κ2) is 8.53. The summed E-state index contributed by atoms with van der Waals surface area (Å²) in [6, 6.07) is 3.90. The number of hydrogen-bond donors (Lipinski definition) is 2. The van der Waals surface area contributed by atoms with Crippen molar-refractivity contribution in [3.8, 4) is 0 Å². The number of hydrogen-bond acceptors (Lipinski definition) is 6. The van der Waals surface area contributed by atoms with E-state index in [2.05, 4.69) is 17.0 Å². The molecule has 8 nitrogen and oxygen atoms in total. The minimum absolute atomic E-state index is 0.0309. The molecule has 2 N–H and O–H groups in total. The first-order chi connectivity index (χ1) is 12.8. The van der Waals surface area contributed by atoms with Gasteiger partial charge >= 0.3 is 0 Å². The Morgan fingerprint density at radius 1 is 1.22 bits per heavy atom. The number of anilines is 1. The SMILES string of the molecule is CC1CCC(NS(=O)(=O)c2ccc(NCC3CCCO3)c([N+](=O)[O-])c2)CC1. The molecule has 0 spiro atoms. The molecule has 0 aromatic heterocycles. The maximum Gasteiger partial charge on any atom is 0.293 e. The van der Waals surface area contributed by atoms with Crippen LogP contribution in [-0.4, -0.2) is 38.6 Å². The summed E-state index contributed by atoms with van der Waals surface area (Å²) in [4.78, 5) is 10.8. The standard InChI is InChI=1S/C18H27N3O5S/c1-13-4-6-14(7-5-13)20-27(24,25)16-8-9-17(18(11-16)21(22)23)19-12-15-3-2-10-26-15/h8-9,11,13-15,19-20H,2-7,10,12H2,1H3. The van der Waals surface area contributed by atoms with Gasteiger partial charge in [0.25, 0.3) is 5.69 Å². The molecular weight excluding hydrogens is 370 g/mol. The van der Waals surface area contributed by atoms with E-state index in [1.54, 1.807) is 0 Å². The smallest absolute Gasteiger partial charge is 0.293 e. The monoisotopic (exact) mass is 397 g/mol. The molecule has 1 atom stereocenters. The highest BCUT2D eigenvalue weighted by atomic mass is 32.2. The van der Waals surface area contributed by atoms with Crippen molar-refractivity contribution >= 4 is 21.4 Å². The average Bonchev–Trinajstić information content (AvgIpc) is 3.15. The molecule has 3 rings (SSSR count). The number of nitro benzene ring substituents is 1. The molecule has 0 bridgehead atoms. The highest BCUT2D eigenvalue weighted by Gasteiger charge is 2.27. The maximum absolute atomic E-state index is 12.7. The van der Waals surface area contributed by atoms with Crippen LogP contribution in [0.2, 0.25) is 0 Å². The molecule has 1 unspecified atom stereocenters. The molecule has 9 heteroatoms. The van der Waals surface area contributed by atoms with Crippen molar-refractivity contribution in [2.24, 2.45) is 5.92 Å². The second-order valence-electron chi connectivity index (χ2n) is 7.53. The fraction of sp³-hybridized carbons (Fsp3) is 0.667. The van der Waals surface area contributed by atoms with Crippen LogP contribution in [-0.2, 0) is 14.8 Å². The minimum atomic E-state index is -3.79. The molecule has 2 aliphatic rings. The van der Waals surface area contributed by atoms with Crippen molar-refractivity contribution in [1.82, 2.24) is 4.72 Å². The van der Waals surface area contributed by atoms with Gasteiger partial charge in [-0.25, -0.2) is 13.1 Å². The van der Waals surface area contributed by atoms with Crippen LogP contribution in [0.15, 0.2) is 23.1 Å². The van der Waals surface area contributed by atoms with Gasteiger partial charge in [-0.2, -0.15) is 0 Å². The van der Waals surface area contributed by atoms with E-state index in [9.17, 15) is 18.5 Å². The van der Waals surface area contributed by atoms with Gasteiger partial charge in [0.2, 0.25) is 10.0 Å². The van der Waals surface area contributed by atoms with E-state index in [-0.39, 0.29) is 22.7 Å². The summed E-state index contributed by atoms with van der Waals surface area (Å²) >= 11 is 0. The van der Waals surface area contributed by atoms with Gasteiger partial charge in [0.05, 0.1) is 15.9 Å². The molecule has 1 heterocycles. The zero-order valence-corrected chi connectivity index (χ0v) is 16.3. The normalized spacial score (nSPS) is 26.0. The van der Waals surface area contributed by atoms with E-state index in [0.717, 1.165) is 44.6 Å². The lowest BCUT2D eigenvalue weighted by Crippen LogP contribution is -2.37. The molecule has 1 saturated carbocycles. The fourth-order valence-corrected chi connectivity index (χ4v) is 5.00. The van der Waals surface area contributed by atoms with Crippen molar-refractivity contribution in [2.45, 2.75) is 62.5 Å². The van der Waals surface area contributed by atoms with E-state index in [1.165, 1.54) is 12.1 Å². The number of benzene rings is 1. The molecule has 27 heavy (non-hydrogen) atoms. The lowest BCUT2D eigenvalue weighted by molar-refractivity contribution is -0.384. The zero-order valence-electron chi connectivity index (χ0n) is 15.5. The Balaban J connectivity index is 1.72. The van der Waals surface area contributed by atoms with Gasteiger partial charge < -0.3 is 10.1 Å². The van der Waals surface area contributed by atoms with Gasteiger partial charge in [-0.1, -0.05) is 6.92 Å². The van der Waals surface area contributed by atoms with Crippen molar-refractivity contribution in [2.75, 3.05) is 18.5 Å². The first-order valence-corrected chi connectivity index (χ1v) is 11.0. The summed E-state index contributed by atoms with van der Waals surface area (Å²) in [6.45, 7) is 3.33. The van der Waals surface area contributed by atoms with Gasteiger partial charge in [0, 0.05) is 25.3 Å². The molecular formula is C18H27N3O5S. The van der Waals surface area contributed by atoms with Crippen LogP contribution in [0.4, 0.5) is 11.4 Å². The van der Waals surface area contributed by atoms with Crippen molar-refractivity contribution in [1.29, 1.82) is 0 Å². The van der Waals surface area contributed by atoms with Gasteiger partial charge in [0.1, 0.15) is 5.69 Å². The topological polar surface area (TPSA) is 111 Å². The average molecular weight is 397 g/mol. The van der Waals surface area contributed by atoms with E-state index < -0.39 is 14.9 Å². The minimum Gasteiger partial charge on any atom is -0.377 e. The Labute approximate surface area is 159 Å². The fourth-order valence-electron chi connectivity index (χ4n) is 3.67. The summed E-state index contributed by atoms with van der Waals surface area (Å²) < 4.78 is 33.5. The van der Waals surface area contributed by atoms with Crippen molar-refractivity contribution in [3.05, 3.63) is 28.3 Å². The van der Waals surface area contributed by atoms with E-state index in [0.29, 0.717) is 24.8 Å². The van der Waals surface area contributed by atoms with Crippen LogP contribution in [0.25, 0.3) is 0 Å². The van der Waals surface area contributed by atoms with Crippen LogP contribution >= 0.6 is 0 Å². The quantitative estimate of drug-likeness (QED) is 0.540. The molecule has 150 valence electrons. The highest BCUT2D eigenvalue weighted by Crippen LogP contribution is 2.29. The molecule has 0 radical (unpaired) electrons. The van der Waals surface area contributed by atoms with Crippen molar-refractivity contribution < 1.29 is 18.1 Å². The highest BCUT2D eigenvalue weighted by molar-refractivity contribution is 7.89. The van der Waals surface area contributed by atoms with E-state index >= 15 is 0 Å². The molecule has 1 aromatic rings. The summed E-state index contributed by atoms with van der Waals surface area (Å²) in [7, 11) is -3.79. The third-order valence-corrected chi connectivity index (χ3v) is 6.88. The zero-order chi connectivity index (χ0) is 19.4. The van der Waals surface area contributed by atoms with Gasteiger partial charge in [-0.15, -0.1) is 0 Å². The summed E-state index contributed by atoms with van der Waals surface area (Å²) in [5.74, 6) is 0.612. The maximum atomic E-state index is 12.7. The van der Waals surface area contributed by atoms with Crippen LogP contribution in [0, 0.1) is 16.0 Å². The van der Waals surface area contributed by atoms with Crippen LogP contribution in [0.5, 0.6) is 0 Å². The number of nitrogens with one attached hydrogen (secondary N) is 2. The predicted molar refractivity (Wildman–Crippen MR) is 102 cm³/mol. The van der Waals surface area contributed by atoms with E-state index in [4.69, 9.17) is 4.74 Å². The first kappa shape index (κ1) is 20.0. The van der Waals surface area contributed by atoms with Crippen LogP contribution < -0.4 is 10.0 Å². The lowest BCUT2D eigenvalue weighted by atomic mass is 9.88. The number of nitro groups is 1. The molecule has 0 amide bonds. The largest absolute Gasteiger partial charge is 0.377 e. The Bertz CT molecular complexity index is 769. The summed E-state index contributed by atoms with van der Waals surface area (Å²) in [6.07, 6.45) is 5.49. The lowest BCUT2D eigenvalue weighted by Gasteiger charge is -2.26. The van der Waals surface area contributed by atoms with Crippen LogP contribution in [0.3, 0.4) is 0 Å². The van der Waals surface area contributed by atoms with Gasteiger partial charge in [-0.05, 0) is 56.6 Å². The van der Waals surface area contributed by atoms with Crippen LogP contribution in [0.1, 0.15) is 45.4 Å². The number of ether oxygens (including phenoxy) is 1. The van der Waals surface area contributed by atoms with E-state index in [1.807, 2.05) is 0 Å². The number of sulfonamides is 1. The Hall–Kier alpha value is -1.71. The second-order valence-corrected chi connectivity index (χ2v) is 9.24. The van der Waals surface area contributed by atoms with Gasteiger partial charge in [0.15, 0.2) is 0 Å².